The van der Waals surface area contributed by atoms with Gasteiger partial charge in [-0.2, -0.15) is 0 Å². The number of nitrogens with one attached hydrogen (secondary N) is 2. The van der Waals surface area contributed by atoms with Gasteiger partial charge in [0.1, 0.15) is 10.8 Å². The van der Waals surface area contributed by atoms with Gasteiger partial charge in [0, 0.05) is 42.8 Å². The van der Waals surface area contributed by atoms with E-state index >= 15 is 0 Å². The normalized spacial score (nSPS) is 16.3. The molecule has 2 N–H and O–H groups in total. The maximum atomic E-state index is 5.68. The summed E-state index contributed by atoms with van der Waals surface area (Å²) in [6.07, 6.45) is 4.95. The highest BCUT2D eigenvalue weighted by Gasteiger charge is 2.34. The van der Waals surface area contributed by atoms with Crippen LogP contribution in [0, 0.1) is 0 Å². The lowest BCUT2D eigenvalue weighted by Gasteiger charge is -2.38. The van der Waals surface area contributed by atoms with Gasteiger partial charge < -0.3 is 20.1 Å². The zero-order valence-corrected chi connectivity index (χ0v) is 19.2. The lowest BCUT2D eigenvalue weighted by Crippen LogP contribution is -2.48. The fourth-order valence-electron chi connectivity index (χ4n) is 3.73. The minimum atomic E-state index is 0.0236. The standard InChI is InChI=1S/C23H34N4O2S/c1-4-20-15-25-21(30-20)16-26-22(24-5-2)27-17-23(11-13-28-14-12-23)18-7-9-19(10-8-18)29-6-3/h7-10,15H,4-6,11-14,16-17H2,1-3H3,(H2,24,26,27). The second-order valence-corrected chi connectivity index (χ2v) is 8.67. The minimum Gasteiger partial charge on any atom is -0.494 e. The van der Waals surface area contributed by atoms with E-state index in [1.807, 2.05) is 13.1 Å². The largest absolute Gasteiger partial charge is 0.494 e. The van der Waals surface area contributed by atoms with Crippen molar-refractivity contribution >= 4 is 17.3 Å². The van der Waals surface area contributed by atoms with Gasteiger partial charge in [0.25, 0.3) is 0 Å². The summed E-state index contributed by atoms with van der Waals surface area (Å²) in [6, 6.07) is 8.54. The summed E-state index contributed by atoms with van der Waals surface area (Å²) in [4.78, 5) is 10.6. The van der Waals surface area contributed by atoms with Crippen molar-refractivity contribution in [3.63, 3.8) is 0 Å². The first-order chi connectivity index (χ1) is 14.7. The van der Waals surface area contributed by atoms with Crippen LogP contribution in [0.2, 0.25) is 0 Å². The number of ether oxygens (including phenoxy) is 2. The molecule has 1 aliphatic heterocycles. The maximum absolute atomic E-state index is 5.68. The number of hydrogen-bond donors (Lipinski definition) is 2. The van der Waals surface area contributed by atoms with E-state index in [2.05, 4.69) is 53.7 Å². The molecule has 0 unspecified atom stereocenters. The van der Waals surface area contributed by atoms with Crippen LogP contribution in [0.15, 0.2) is 35.5 Å². The van der Waals surface area contributed by atoms with E-state index in [0.29, 0.717) is 13.2 Å². The predicted octanol–water partition coefficient (Wildman–Crippen LogP) is 3.91. The summed E-state index contributed by atoms with van der Waals surface area (Å²) in [5.74, 6) is 1.75. The molecule has 0 aliphatic carbocycles. The summed E-state index contributed by atoms with van der Waals surface area (Å²) in [6.45, 7) is 10.7. The third-order valence-electron chi connectivity index (χ3n) is 5.49. The van der Waals surface area contributed by atoms with Crippen LogP contribution in [0.25, 0.3) is 0 Å². The van der Waals surface area contributed by atoms with Gasteiger partial charge in [-0.1, -0.05) is 19.1 Å². The Hall–Kier alpha value is -2.12. The van der Waals surface area contributed by atoms with Crippen molar-refractivity contribution in [2.75, 3.05) is 32.9 Å². The Labute approximate surface area is 184 Å². The van der Waals surface area contributed by atoms with E-state index in [0.717, 1.165) is 62.3 Å². The maximum Gasteiger partial charge on any atom is 0.191 e. The number of aryl methyl sites for hydroxylation is 1. The molecule has 0 amide bonds. The monoisotopic (exact) mass is 430 g/mol. The van der Waals surface area contributed by atoms with Crippen molar-refractivity contribution in [1.82, 2.24) is 15.6 Å². The number of rotatable bonds is 9. The lowest BCUT2D eigenvalue weighted by molar-refractivity contribution is 0.0513. The van der Waals surface area contributed by atoms with E-state index in [1.165, 1.54) is 10.4 Å². The van der Waals surface area contributed by atoms with E-state index in [1.54, 1.807) is 11.3 Å². The zero-order chi connectivity index (χ0) is 21.2. The van der Waals surface area contributed by atoms with Gasteiger partial charge in [0.2, 0.25) is 0 Å². The first-order valence-electron chi connectivity index (χ1n) is 11.0. The Morgan fingerprint density at radius 2 is 1.93 bits per heavy atom. The molecule has 164 valence electrons. The predicted molar refractivity (Wildman–Crippen MR) is 124 cm³/mol. The topological polar surface area (TPSA) is 67.8 Å². The number of benzene rings is 1. The van der Waals surface area contributed by atoms with Crippen LogP contribution >= 0.6 is 11.3 Å². The summed E-state index contributed by atoms with van der Waals surface area (Å²) in [5.41, 5.74) is 1.35. The van der Waals surface area contributed by atoms with E-state index < -0.39 is 0 Å². The molecule has 6 nitrogen and oxygen atoms in total. The highest BCUT2D eigenvalue weighted by molar-refractivity contribution is 7.11. The Morgan fingerprint density at radius 3 is 2.57 bits per heavy atom. The molecule has 7 heteroatoms. The number of guanidine groups is 1. The minimum absolute atomic E-state index is 0.0236. The quantitative estimate of drug-likeness (QED) is 0.466. The molecule has 0 atom stereocenters. The van der Waals surface area contributed by atoms with Gasteiger partial charge >= 0.3 is 0 Å². The molecule has 0 radical (unpaired) electrons. The fraction of sp³-hybridized carbons (Fsp3) is 0.565. The van der Waals surface area contributed by atoms with E-state index in [9.17, 15) is 0 Å². The average molecular weight is 431 g/mol. The third-order valence-corrected chi connectivity index (χ3v) is 6.61. The molecular weight excluding hydrogens is 396 g/mol. The smallest absolute Gasteiger partial charge is 0.191 e. The highest BCUT2D eigenvalue weighted by Crippen LogP contribution is 2.35. The molecule has 30 heavy (non-hydrogen) atoms. The van der Waals surface area contributed by atoms with E-state index in [4.69, 9.17) is 14.5 Å². The highest BCUT2D eigenvalue weighted by atomic mass is 32.1. The Morgan fingerprint density at radius 1 is 1.17 bits per heavy atom. The van der Waals surface area contributed by atoms with Crippen LogP contribution < -0.4 is 15.4 Å². The van der Waals surface area contributed by atoms with Crippen LogP contribution in [0.3, 0.4) is 0 Å². The van der Waals surface area contributed by atoms with Crippen molar-refractivity contribution < 1.29 is 9.47 Å². The lowest BCUT2D eigenvalue weighted by atomic mass is 9.74. The average Bonchev–Trinajstić information content (AvgIpc) is 3.25. The summed E-state index contributed by atoms with van der Waals surface area (Å²) >= 11 is 1.74. The molecule has 1 aromatic heterocycles. The van der Waals surface area contributed by atoms with Crippen LogP contribution in [0.5, 0.6) is 5.75 Å². The van der Waals surface area contributed by atoms with Crippen molar-refractivity contribution in [1.29, 1.82) is 0 Å². The van der Waals surface area contributed by atoms with E-state index in [-0.39, 0.29) is 5.41 Å². The number of thiazole rings is 1. The van der Waals surface area contributed by atoms with Crippen LogP contribution in [-0.2, 0) is 23.1 Å². The second kappa shape index (κ2) is 11.3. The Kier molecular flexibility index (Phi) is 8.51. The van der Waals surface area contributed by atoms with Crippen molar-refractivity contribution in [3.05, 3.63) is 45.9 Å². The number of hydrogen-bond acceptors (Lipinski definition) is 5. The van der Waals surface area contributed by atoms with Gasteiger partial charge in [0.15, 0.2) is 5.96 Å². The summed E-state index contributed by atoms with van der Waals surface area (Å²) in [7, 11) is 0. The SMILES string of the molecule is CCNC(=NCc1ncc(CC)s1)NCC1(c2ccc(OCC)cc2)CCOCC1. The van der Waals surface area contributed by atoms with Gasteiger partial charge in [-0.25, -0.2) is 9.98 Å². The Balaban J connectivity index is 1.71. The van der Waals surface area contributed by atoms with Crippen LogP contribution in [0.1, 0.15) is 49.1 Å². The Bertz CT molecular complexity index is 798. The number of nitrogens with zero attached hydrogens (tertiary/aromatic N) is 2. The molecule has 1 aromatic carbocycles. The summed E-state index contributed by atoms with van der Waals surface area (Å²) < 4.78 is 11.3. The molecule has 0 spiro atoms. The molecular formula is C23H34N4O2S. The molecule has 1 fully saturated rings. The van der Waals surface area contributed by atoms with Gasteiger partial charge in [-0.3, -0.25) is 0 Å². The van der Waals surface area contributed by atoms with Gasteiger partial charge in [0.05, 0.1) is 13.2 Å². The molecule has 1 saturated heterocycles. The fourth-order valence-corrected chi connectivity index (χ4v) is 4.51. The van der Waals surface area contributed by atoms with Crippen LogP contribution in [-0.4, -0.2) is 43.9 Å². The summed E-state index contributed by atoms with van der Waals surface area (Å²) in [5, 5.41) is 8.01. The molecule has 0 saturated carbocycles. The van der Waals surface area contributed by atoms with Crippen molar-refractivity contribution in [2.45, 2.75) is 52.0 Å². The van der Waals surface area contributed by atoms with Crippen molar-refractivity contribution in [2.24, 2.45) is 4.99 Å². The molecule has 2 heterocycles. The molecule has 1 aliphatic rings. The molecule has 0 bridgehead atoms. The van der Waals surface area contributed by atoms with Crippen LogP contribution in [0.4, 0.5) is 0 Å². The van der Waals surface area contributed by atoms with Gasteiger partial charge in [-0.05, 0) is 50.8 Å². The third kappa shape index (κ3) is 5.95. The zero-order valence-electron chi connectivity index (χ0n) is 18.4. The number of aromatic nitrogens is 1. The molecule has 3 rings (SSSR count). The second-order valence-electron chi connectivity index (χ2n) is 7.47. The first-order valence-corrected chi connectivity index (χ1v) is 11.8. The number of aliphatic imine (C=N–C) groups is 1. The van der Waals surface area contributed by atoms with Gasteiger partial charge in [-0.15, -0.1) is 11.3 Å². The van der Waals surface area contributed by atoms with Crippen molar-refractivity contribution in [3.8, 4) is 5.75 Å². The first kappa shape index (κ1) is 22.6. The molecule has 2 aromatic rings.